The van der Waals surface area contributed by atoms with E-state index in [1.54, 1.807) is 12.3 Å². The van der Waals surface area contributed by atoms with E-state index in [9.17, 15) is 9.59 Å². The summed E-state index contributed by atoms with van der Waals surface area (Å²) in [5, 5.41) is 9.12. The lowest BCUT2D eigenvalue weighted by molar-refractivity contribution is -0.123. The molecule has 1 aliphatic carbocycles. The van der Waals surface area contributed by atoms with E-state index in [2.05, 4.69) is 4.98 Å². The molecule has 1 aromatic heterocycles. The highest BCUT2D eigenvalue weighted by Gasteiger charge is 2.56. The van der Waals surface area contributed by atoms with E-state index in [1.807, 2.05) is 49.9 Å². The third kappa shape index (κ3) is 2.23. The third-order valence-electron chi connectivity index (χ3n) is 5.45. The lowest BCUT2D eigenvalue weighted by Gasteiger charge is -2.33. The number of Topliss-reactive ketones (excluding diaryl/α,β-unsaturated/α-hetero) is 1. The van der Waals surface area contributed by atoms with Gasteiger partial charge in [-0.1, -0.05) is 18.2 Å². The van der Waals surface area contributed by atoms with Crippen LogP contribution in [0.5, 0.6) is 0 Å². The summed E-state index contributed by atoms with van der Waals surface area (Å²) in [7, 11) is 0. The zero-order chi connectivity index (χ0) is 18.7. The number of carbonyl (C=O) groups excluding carboxylic acids is 2. The number of hydrogen-bond donors (Lipinski definition) is 1. The second-order valence-corrected chi connectivity index (χ2v) is 8.19. The monoisotopic (exact) mass is 350 g/mol. The molecule has 0 saturated carbocycles. The number of ketones is 1. The number of nitrogens with zero attached hydrogens (tertiary/aromatic N) is 2. The molecular weight excluding hydrogens is 328 g/mol. The number of anilines is 1. The molecule has 2 aliphatic rings. The minimum Gasteiger partial charge on any atom is -0.388 e. The van der Waals surface area contributed by atoms with Crippen LogP contribution in [-0.4, -0.2) is 33.9 Å². The van der Waals surface area contributed by atoms with Crippen LogP contribution in [0.3, 0.4) is 0 Å². The Kier molecular flexibility index (Phi) is 3.57. The van der Waals surface area contributed by atoms with Crippen LogP contribution in [-0.2, 0) is 23.1 Å². The number of aliphatic hydroxyl groups is 1. The molecule has 0 unspecified atom stereocenters. The molecule has 0 bridgehead atoms. The summed E-state index contributed by atoms with van der Waals surface area (Å²) < 4.78 is 0. The van der Waals surface area contributed by atoms with Crippen LogP contribution in [0.1, 0.15) is 47.8 Å². The van der Waals surface area contributed by atoms with Crippen LogP contribution < -0.4 is 4.90 Å². The number of carbonyl (C=O) groups is 2. The molecule has 2 aromatic rings. The zero-order valence-corrected chi connectivity index (χ0v) is 15.2. The first-order valence-corrected chi connectivity index (χ1v) is 8.84. The Morgan fingerprint density at radius 2 is 1.96 bits per heavy atom. The third-order valence-corrected chi connectivity index (χ3v) is 5.45. The van der Waals surface area contributed by atoms with E-state index >= 15 is 0 Å². The Balaban J connectivity index is 1.83. The van der Waals surface area contributed by atoms with Crippen molar-refractivity contribution >= 4 is 17.5 Å². The van der Waals surface area contributed by atoms with Crippen molar-refractivity contribution in [2.75, 3.05) is 11.5 Å². The number of benzene rings is 1. The maximum absolute atomic E-state index is 13.6. The molecule has 1 atom stereocenters. The second-order valence-electron chi connectivity index (χ2n) is 8.19. The quantitative estimate of drug-likeness (QED) is 0.845. The summed E-state index contributed by atoms with van der Waals surface area (Å²) in [5.41, 5.74) is 2.52. The van der Waals surface area contributed by atoms with Crippen LogP contribution >= 0.6 is 0 Å². The number of pyridine rings is 1. The maximum atomic E-state index is 13.6. The molecule has 26 heavy (non-hydrogen) atoms. The van der Waals surface area contributed by atoms with Gasteiger partial charge in [-0.25, -0.2) is 4.98 Å². The SMILES string of the molecule is CC(C)(C)N1C(=O)[C@@]2(Cc3ccc(C(=O)CO)cc3C2)c2cccnc21. The topological polar surface area (TPSA) is 70.5 Å². The molecule has 2 heterocycles. The van der Waals surface area contributed by atoms with Gasteiger partial charge in [-0.2, -0.15) is 0 Å². The van der Waals surface area contributed by atoms with Crippen LogP contribution in [0.4, 0.5) is 5.82 Å². The van der Waals surface area contributed by atoms with Gasteiger partial charge in [0.2, 0.25) is 5.91 Å². The summed E-state index contributed by atoms with van der Waals surface area (Å²) in [6.45, 7) is 5.54. The Morgan fingerprint density at radius 3 is 2.65 bits per heavy atom. The predicted molar refractivity (Wildman–Crippen MR) is 98.4 cm³/mol. The van der Waals surface area contributed by atoms with Gasteiger partial charge < -0.3 is 5.11 Å². The standard InChI is InChI=1S/C21H22N2O3/c1-20(2,3)23-18-16(5-4-8-22-18)21(19(23)26)10-14-7-6-13(17(25)12-24)9-15(14)11-21/h4-9,24H,10-12H2,1-3H3/t21-/m1/s1. The molecular formula is C21H22N2O3. The lowest BCUT2D eigenvalue weighted by Crippen LogP contribution is -2.49. The number of amides is 1. The second kappa shape index (κ2) is 5.48. The molecule has 1 spiro atoms. The van der Waals surface area contributed by atoms with Crippen LogP contribution in [0, 0.1) is 0 Å². The fraction of sp³-hybridized carbons (Fsp3) is 0.381. The van der Waals surface area contributed by atoms with Gasteiger partial charge in [0.05, 0.1) is 5.41 Å². The van der Waals surface area contributed by atoms with Crippen molar-refractivity contribution < 1.29 is 14.7 Å². The first kappa shape index (κ1) is 16.9. The van der Waals surface area contributed by atoms with Crippen LogP contribution in [0.25, 0.3) is 0 Å². The highest BCUT2D eigenvalue weighted by atomic mass is 16.3. The van der Waals surface area contributed by atoms with Gasteiger partial charge in [0.1, 0.15) is 12.4 Å². The average Bonchev–Trinajstić information content (AvgIpc) is 3.10. The molecule has 1 N–H and O–H groups in total. The van der Waals surface area contributed by atoms with Crippen molar-refractivity contribution in [3.8, 4) is 0 Å². The Labute approximate surface area is 152 Å². The van der Waals surface area contributed by atoms with Crippen LogP contribution in [0.2, 0.25) is 0 Å². The first-order chi connectivity index (χ1) is 12.3. The molecule has 1 amide bonds. The van der Waals surface area contributed by atoms with Gasteiger partial charge in [-0.05, 0) is 56.9 Å². The molecule has 1 aliphatic heterocycles. The van der Waals surface area contributed by atoms with Gasteiger partial charge in [-0.15, -0.1) is 0 Å². The lowest BCUT2D eigenvalue weighted by atomic mass is 9.79. The fourth-order valence-corrected chi connectivity index (χ4v) is 4.28. The zero-order valence-electron chi connectivity index (χ0n) is 15.2. The van der Waals surface area contributed by atoms with E-state index in [0.717, 1.165) is 22.5 Å². The molecule has 1 aromatic carbocycles. The van der Waals surface area contributed by atoms with Crippen molar-refractivity contribution in [3.63, 3.8) is 0 Å². The van der Waals surface area contributed by atoms with Crippen molar-refractivity contribution in [3.05, 3.63) is 58.8 Å². The summed E-state index contributed by atoms with van der Waals surface area (Å²) in [5.74, 6) is 0.513. The van der Waals surface area contributed by atoms with E-state index in [1.165, 1.54) is 0 Å². The number of hydrogen-bond acceptors (Lipinski definition) is 4. The number of fused-ring (bicyclic) bond motifs is 3. The summed E-state index contributed by atoms with van der Waals surface area (Å²) >= 11 is 0. The molecule has 0 fully saturated rings. The Bertz CT molecular complexity index is 929. The largest absolute Gasteiger partial charge is 0.388 e. The minimum absolute atomic E-state index is 0.0740. The van der Waals surface area contributed by atoms with E-state index in [-0.39, 0.29) is 17.2 Å². The van der Waals surface area contributed by atoms with Crippen LogP contribution in [0.15, 0.2) is 36.5 Å². The summed E-state index contributed by atoms with van der Waals surface area (Å²) in [4.78, 5) is 31.7. The van der Waals surface area contributed by atoms with Gasteiger partial charge >= 0.3 is 0 Å². The molecule has 5 nitrogen and oxygen atoms in total. The van der Waals surface area contributed by atoms with Gasteiger partial charge in [-0.3, -0.25) is 14.5 Å². The maximum Gasteiger partial charge on any atom is 0.240 e. The summed E-state index contributed by atoms with van der Waals surface area (Å²) in [6.07, 6.45) is 2.89. The summed E-state index contributed by atoms with van der Waals surface area (Å²) in [6, 6.07) is 9.35. The van der Waals surface area contributed by atoms with Gasteiger partial charge in [0.25, 0.3) is 0 Å². The molecule has 0 radical (unpaired) electrons. The Hall–Kier alpha value is -2.53. The molecule has 4 rings (SSSR count). The first-order valence-electron chi connectivity index (χ1n) is 8.84. The average molecular weight is 350 g/mol. The van der Waals surface area contributed by atoms with E-state index in [4.69, 9.17) is 5.11 Å². The van der Waals surface area contributed by atoms with Crippen molar-refractivity contribution in [2.24, 2.45) is 0 Å². The molecule has 5 heteroatoms. The van der Waals surface area contributed by atoms with Gasteiger partial charge in [0, 0.05) is 22.9 Å². The Morgan fingerprint density at radius 1 is 1.23 bits per heavy atom. The minimum atomic E-state index is -0.653. The van der Waals surface area contributed by atoms with E-state index in [0.29, 0.717) is 18.4 Å². The highest BCUT2D eigenvalue weighted by Crippen LogP contribution is 2.50. The fourth-order valence-electron chi connectivity index (χ4n) is 4.28. The normalized spacial score (nSPS) is 21.2. The van der Waals surface area contributed by atoms with E-state index < -0.39 is 12.0 Å². The number of aliphatic hydroxyl groups excluding tert-OH is 1. The highest BCUT2D eigenvalue weighted by molar-refractivity contribution is 6.09. The van der Waals surface area contributed by atoms with Crippen molar-refractivity contribution in [2.45, 2.75) is 44.6 Å². The number of aromatic nitrogens is 1. The predicted octanol–water partition coefficient (Wildman–Crippen LogP) is 2.44. The smallest absolute Gasteiger partial charge is 0.240 e. The molecule has 134 valence electrons. The molecule has 0 saturated heterocycles. The van der Waals surface area contributed by atoms with Gasteiger partial charge in [0.15, 0.2) is 5.78 Å². The van der Waals surface area contributed by atoms with Crippen molar-refractivity contribution in [1.29, 1.82) is 0 Å². The number of rotatable bonds is 2. The van der Waals surface area contributed by atoms with Crippen molar-refractivity contribution in [1.82, 2.24) is 4.98 Å².